The molecule has 0 unspecified atom stereocenters. The molecule has 203 valence electrons. The van der Waals surface area contributed by atoms with Gasteiger partial charge in [-0.3, -0.25) is 9.78 Å². The van der Waals surface area contributed by atoms with Gasteiger partial charge in [0.1, 0.15) is 0 Å². The van der Waals surface area contributed by atoms with Gasteiger partial charge in [0.15, 0.2) is 5.78 Å². The number of rotatable bonds is 4. The quantitative estimate of drug-likeness (QED) is 0.116. The van der Waals surface area contributed by atoms with E-state index < -0.39 is 0 Å². The minimum Gasteiger partial charge on any atom is -0.512 e. The summed E-state index contributed by atoms with van der Waals surface area (Å²) < 4.78 is 0. The van der Waals surface area contributed by atoms with E-state index in [4.69, 9.17) is 4.98 Å². The number of aromatic nitrogens is 1. The SMILES string of the molecule is C.O=C(C=C(O)C1CCCC1)C1CCCC1.[Ir].[c-]1ccc2ccccc2c1-c1cc2c3c(cccc3n1)C=C2. The van der Waals surface area contributed by atoms with Gasteiger partial charge in [-0.1, -0.05) is 93.1 Å². The molecule has 4 aromatic rings. The number of ketones is 1. The first-order chi connectivity index (χ1) is 18.2. The smallest absolute Gasteiger partial charge is 0.162 e. The molecule has 3 aliphatic carbocycles. The molecule has 3 aliphatic rings. The van der Waals surface area contributed by atoms with Crippen LogP contribution in [0.2, 0.25) is 0 Å². The van der Waals surface area contributed by atoms with Gasteiger partial charge in [-0.25, -0.2) is 0 Å². The molecular formula is C35H36IrNO2-. The molecule has 0 bridgehead atoms. The van der Waals surface area contributed by atoms with Crippen LogP contribution in [0.3, 0.4) is 0 Å². The third-order valence-electron chi connectivity index (χ3n) is 8.14. The number of aliphatic hydroxyl groups is 1. The van der Waals surface area contributed by atoms with Crippen LogP contribution in [0.1, 0.15) is 69.9 Å². The van der Waals surface area contributed by atoms with E-state index in [2.05, 4.69) is 72.8 Å². The second-order valence-corrected chi connectivity index (χ2v) is 10.5. The fourth-order valence-corrected chi connectivity index (χ4v) is 6.11. The van der Waals surface area contributed by atoms with Gasteiger partial charge in [0.05, 0.1) is 11.3 Å². The average Bonchev–Trinajstić information content (AvgIpc) is 3.72. The van der Waals surface area contributed by atoms with Crippen LogP contribution in [-0.2, 0) is 24.9 Å². The number of hydrogen-bond donors (Lipinski definition) is 1. The molecule has 3 nitrogen and oxygen atoms in total. The van der Waals surface area contributed by atoms with Gasteiger partial charge in [0, 0.05) is 43.4 Å². The van der Waals surface area contributed by atoms with Crippen molar-refractivity contribution in [3.05, 3.63) is 89.7 Å². The van der Waals surface area contributed by atoms with Crippen LogP contribution in [0.25, 0.3) is 45.1 Å². The first-order valence-electron chi connectivity index (χ1n) is 13.6. The molecule has 0 saturated heterocycles. The van der Waals surface area contributed by atoms with Crippen LogP contribution < -0.4 is 0 Å². The predicted octanol–water partition coefficient (Wildman–Crippen LogP) is 9.35. The van der Waals surface area contributed by atoms with Crippen LogP contribution in [0.5, 0.6) is 0 Å². The Labute approximate surface area is 245 Å². The summed E-state index contributed by atoms with van der Waals surface area (Å²) in [7, 11) is 0. The number of carbonyl (C=O) groups excluding carboxylic acids is 1. The number of pyridine rings is 1. The maximum Gasteiger partial charge on any atom is 0.162 e. The zero-order chi connectivity index (χ0) is 25.2. The fourth-order valence-electron chi connectivity index (χ4n) is 6.11. The summed E-state index contributed by atoms with van der Waals surface area (Å²) in [6, 6.07) is 24.3. The molecule has 39 heavy (non-hydrogen) atoms. The van der Waals surface area contributed by atoms with E-state index in [1.807, 2.05) is 6.07 Å². The molecule has 7 rings (SSSR count). The minimum absolute atomic E-state index is 0. The molecule has 4 heteroatoms. The number of fused-ring (bicyclic) bond motifs is 1. The summed E-state index contributed by atoms with van der Waals surface area (Å²) >= 11 is 0. The Morgan fingerprint density at radius 2 is 1.56 bits per heavy atom. The van der Waals surface area contributed by atoms with Crippen molar-refractivity contribution in [2.45, 2.75) is 58.8 Å². The van der Waals surface area contributed by atoms with Crippen LogP contribution in [0.15, 0.2) is 72.5 Å². The van der Waals surface area contributed by atoms with E-state index in [9.17, 15) is 9.90 Å². The third kappa shape index (κ3) is 6.08. The number of carbonyl (C=O) groups is 1. The van der Waals surface area contributed by atoms with Gasteiger partial charge in [-0.2, -0.15) is 0 Å². The van der Waals surface area contributed by atoms with Crippen LogP contribution >= 0.6 is 0 Å². The summed E-state index contributed by atoms with van der Waals surface area (Å²) in [6.45, 7) is 0. The zero-order valence-electron chi connectivity index (χ0n) is 21.5. The third-order valence-corrected chi connectivity index (χ3v) is 8.14. The topological polar surface area (TPSA) is 50.2 Å². The normalized spacial score (nSPS) is 16.6. The molecule has 0 spiro atoms. The molecule has 1 heterocycles. The summed E-state index contributed by atoms with van der Waals surface area (Å²) in [4.78, 5) is 16.7. The molecule has 0 aliphatic heterocycles. The number of benzene rings is 3. The second kappa shape index (κ2) is 12.9. The zero-order valence-corrected chi connectivity index (χ0v) is 23.8. The van der Waals surface area contributed by atoms with Crippen LogP contribution in [0.4, 0.5) is 0 Å². The van der Waals surface area contributed by atoms with E-state index in [0.29, 0.717) is 5.76 Å². The number of aliphatic hydroxyl groups excluding tert-OH is 1. The van der Waals surface area contributed by atoms with Gasteiger partial charge in [-0.15, -0.1) is 29.1 Å². The summed E-state index contributed by atoms with van der Waals surface area (Å²) in [5.74, 6) is 0.991. The van der Waals surface area contributed by atoms with Crippen molar-refractivity contribution in [1.29, 1.82) is 0 Å². The standard InChI is InChI=1S/C21H12N.C13H20O2.CH4.Ir/c1-2-8-17-14(5-1)6-3-9-18(17)20-13-16-12-11-15-7-4-10-19(22-20)21(15)16;14-12(10-5-1-2-6-10)9-13(15)11-7-3-4-8-11;;/h1-8,10-13H;9-11,14H,1-8H2;1H4;/q-1;;;. The summed E-state index contributed by atoms with van der Waals surface area (Å²) in [5.41, 5.74) is 5.62. The largest absolute Gasteiger partial charge is 0.512 e. The van der Waals surface area contributed by atoms with E-state index in [1.54, 1.807) is 0 Å². The fraction of sp³-hybridized carbons (Fsp3) is 0.314. The van der Waals surface area contributed by atoms with Crippen molar-refractivity contribution >= 4 is 39.6 Å². The van der Waals surface area contributed by atoms with E-state index >= 15 is 0 Å². The first-order valence-corrected chi connectivity index (χ1v) is 13.6. The Balaban J connectivity index is 0.000000184. The van der Waals surface area contributed by atoms with Crippen molar-refractivity contribution < 1.29 is 30.0 Å². The Bertz CT molecular complexity index is 1520. The number of hydrogen-bond acceptors (Lipinski definition) is 3. The van der Waals surface area contributed by atoms with Crippen molar-refractivity contribution in [2.24, 2.45) is 11.8 Å². The monoisotopic (exact) mass is 695 g/mol. The summed E-state index contributed by atoms with van der Waals surface area (Å²) in [5, 5.41) is 13.5. The van der Waals surface area contributed by atoms with Gasteiger partial charge >= 0.3 is 0 Å². The number of nitrogens with zero attached hydrogens (tertiary/aromatic N) is 1. The number of allylic oxidation sites excluding steroid dienone is 2. The van der Waals surface area contributed by atoms with Crippen LogP contribution in [-0.4, -0.2) is 15.9 Å². The van der Waals surface area contributed by atoms with Gasteiger partial charge in [0.2, 0.25) is 0 Å². The van der Waals surface area contributed by atoms with Crippen molar-refractivity contribution in [2.75, 3.05) is 0 Å². The molecule has 1 radical (unpaired) electrons. The maximum atomic E-state index is 11.8. The Morgan fingerprint density at radius 1 is 0.872 bits per heavy atom. The van der Waals surface area contributed by atoms with E-state index in [0.717, 1.165) is 42.5 Å². The second-order valence-electron chi connectivity index (χ2n) is 10.5. The average molecular weight is 695 g/mol. The van der Waals surface area contributed by atoms with E-state index in [-0.39, 0.29) is 45.2 Å². The molecule has 2 saturated carbocycles. The van der Waals surface area contributed by atoms with Crippen molar-refractivity contribution in [3.63, 3.8) is 0 Å². The van der Waals surface area contributed by atoms with Gasteiger partial charge < -0.3 is 5.11 Å². The van der Waals surface area contributed by atoms with E-state index in [1.165, 1.54) is 59.0 Å². The van der Waals surface area contributed by atoms with Gasteiger partial charge in [0.25, 0.3) is 0 Å². The molecular weight excluding hydrogens is 659 g/mol. The van der Waals surface area contributed by atoms with Gasteiger partial charge in [-0.05, 0) is 48.6 Å². The molecule has 1 aromatic heterocycles. The Kier molecular flexibility index (Phi) is 9.53. The molecule has 0 atom stereocenters. The van der Waals surface area contributed by atoms with Crippen molar-refractivity contribution in [3.8, 4) is 11.3 Å². The van der Waals surface area contributed by atoms with Crippen LogP contribution in [0, 0.1) is 17.9 Å². The summed E-state index contributed by atoms with van der Waals surface area (Å²) in [6.07, 6.45) is 14.8. The maximum absolute atomic E-state index is 11.8. The van der Waals surface area contributed by atoms with Crippen molar-refractivity contribution in [1.82, 2.24) is 4.98 Å². The molecule has 3 aromatic carbocycles. The minimum atomic E-state index is 0. The molecule has 2 fully saturated rings. The predicted molar refractivity (Wildman–Crippen MR) is 159 cm³/mol. The Hall–Kier alpha value is -3.07. The molecule has 1 N–H and O–H groups in total. The molecule has 0 amide bonds. The first kappa shape index (κ1) is 28.9. The Morgan fingerprint density at radius 3 is 2.33 bits per heavy atom.